The fourth-order valence-electron chi connectivity index (χ4n) is 0.238. The predicted molar refractivity (Wildman–Crippen MR) is 37.3 cm³/mol. The topological polar surface area (TPSA) is 79.1 Å². The lowest BCUT2D eigenvalue weighted by molar-refractivity contribution is -0.125. The molecule has 5 heteroatoms. The Morgan fingerprint density at radius 3 is 1.91 bits per heavy atom. The summed E-state index contributed by atoms with van der Waals surface area (Å²) in [5.41, 5.74) is -0.668. The Bertz CT molecular complexity index is 202. The third-order valence-electron chi connectivity index (χ3n) is 0.868. The Hall–Kier alpha value is -1.26. The summed E-state index contributed by atoms with van der Waals surface area (Å²) in [6.45, 7) is 4.91. The minimum Gasteiger partial charge on any atom is -0.462 e. The summed E-state index contributed by atoms with van der Waals surface area (Å²) in [6.07, 6.45) is -1.46. The van der Waals surface area contributed by atoms with E-state index in [0.29, 0.717) is 0 Å². The normalized spacial score (nSPS) is 11.9. The lowest BCUT2D eigenvalue weighted by atomic mass is 9.96. The van der Waals surface area contributed by atoms with Crippen LogP contribution in [0.15, 0.2) is 10.2 Å². The monoisotopic (exact) mass is 158 g/mol. The number of amides is 2. The highest BCUT2D eigenvalue weighted by Gasteiger charge is 2.20. The van der Waals surface area contributed by atoms with Crippen LogP contribution in [-0.4, -0.2) is 17.1 Å². The molecule has 0 atom stereocenters. The smallest absolute Gasteiger partial charge is 0.450 e. The fraction of sp³-hybridized carbons (Fsp3) is 0.667. The van der Waals surface area contributed by atoms with Crippen molar-refractivity contribution in [2.24, 2.45) is 15.6 Å². The molecular formula is C6H10N2O3. The average molecular weight is 158 g/mol. The molecule has 5 nitrogen and oxygen atoms in total. The maximum Gasteiger partial charge on any atom is 0.450 e. The van der Waals surface area contributed by atoms with Crippen LogP contribution in [-0.2, 0) is 4.79 Å². The molecule has 0 rings (SSSR count). The zero-order valence-corrected chi connectivity index (χ0v) is 6.66. The van der Waals surface area contributed by atoms with Gasteiger partial charge in [0.15, 0.2) is 0 Å². The maximum atomic E-state index is 10.8. The van der Waals surface area contributed by atoms with Gasteiger partial charge >= 0.3 is 6.09 Å². The Morgan fingerprint density at radius 2 is 1.64 bits per heavy atom. The van der Waals surface area contributed by atoms with E-state index in [1.54, 1.807) is 20.8 Å². The molecule has 1 N–H and O–H groups in total. The van der Waals surface area contributed by atoms with E-state index in [1.165, 1.54) is 0 Å². The van der Waals surface area contributed by atoms with Gasteiger partial charge in [-0.15, -0.1) is 5.11 Å². The first-order valence-electron chi connectivity index (χ1n) is 3.03. The summed E-state index contributed by atoms with van der Waals surface area (Å²) in [7, 11) is 0. The maximum absolute atomic E-state index is 10.8. The number of carboxylic acid groups (broad SMARTS) is 1. The van der Waals surface area contributed by atoms with Crippen molar-refractivity contribution in [3.05, 3.63) is 0 Å². The van der Waals surface area contributed by atoms with Gasteiger partial charge in [0.25, 0.3) is 5.91 Å². The third kappa shape index (κ3) is 4.19. The molecule has 0 aromatic carbocycles. The van der Waals surface area contributed by atoms with E-state index in [-0.39, 0.29) is 0 Å². The number of nitrogens with zero attached hydrogens (tertiary/aromatic N) is 2. The summed E-state index contributed by atoms with van der Waals surface area (Å²) in [4.78, 5) is 20.7. The summed E-state index contributed by atoms with van der Waals surface area (Å²) >= 11 is 0. The molecule has 0 aliphatic carbocycles. The molecule has 62 valence electrons. The van der Waals surface area contributed by atoms with Crippen molar-refractivity contribution >= 4 is 12.0 Å². The van der Waals surface area contributed by atoms with E-state index < -0.39 is 17.4 Å². The third-order valence-corrected chi connectivity index (χ3v) is 0.868. The first-order valence-corrected chi connectivity index (χ1v) is 3.03. The van der Waals surface area contributed by atoms with Crippen LogP contribution in [0.25, 0.3) is 0 Å². The van der Waals surface area contributed by atoms with Crippen LogP contribution in [0.3, 0.4) is 0 Å². The van der Waals surface area contributed by atoms with Crippen LogP contribution in [0.5, 0.6) is 0 Å². The van der Waals surface area contributed by atoms with Gasteiger partial charge in [0.2, 0.25) is 0 Å². The first kappa shape index (κ1) is 9.74. The molecule has 0 aromatic rings. The van der Waals surface area contributed by atoms with Crippen LogP contribution < -0.4 is 0 Å². The van der Waals surface area contributed by atoms with Gasteiger partial charge in [-0.2, -0.15) is 0 Å². The quantitative estimate of drug-likeness (QED) is 0.544. The lowest BCUT2D eigenvalue weighted by Gasteiger charge is -2.09. The standard InChI is InChI=1S/C6H10N2O3/c1-6(2,3)4(9)7-8-5(10)11/h1-3H3,(H,10,11)/b8-7+. The van der Waals surface area contributed by atoms with Gasteiger partial charge in [-0.3, -0.25) is 4.79 Å². The van der Waals surface area contributed by atoms with Gasteiger partial charge in [-0.05, 0) is 0 Å². The molecule has 0 saturated carbocycles. The molecule has 0 unspecified atom stereocenters. The van der Waals surface area contributed by atoms with Gasteiger partial charge < -0.3 is 5.11 Å². The van der Waals surface area contributed by atoms with Crippen molar-refractivity contribution in [3.8, 4) is 0 Å². The van der Waals surface area contributed by atoms with Crippen molar-refractivity contribution in [1.29, 1.82) is 0 Å². The van der Waals surface area contributed by atoms with Gasteiger partial charge in [0, 0.05) is 5.41 Å². The van der Waals surface area contributed by atoms with Crippen molar-refractivity contribution in [2.45, 2.75) is 20.8 Å². The van der Waals surface area contributed by atoms with Crippen molar-refractivity contribution < 1.29 is 14.7 Å². The van der Waals surface area contributed by atoms with E-state index in [0.717, 1.165) is 0 Å². The highest BCUT2D eigenvalue weighted by atomic mass is 16.4. The van der Waals surface area contributed by atoms with Crippen LogP contribution in [0, 0.1) is 5.41 Å². The molecule has 2 amide bonds. The number of hydrogen-bond acceptors (Lipinski definition) is 2. The van der Waals surface area contributed by atoms with Crippen LogP contribution in [0.4, 0.5) is 4.79 Å². The zero-order chi connectivity index (χ0) is 9.07. The van der Waals surface area contributed by atoms with E-state index in [2.05, 4.69) is 10.2 Å². The first-order chi connectivity index (χ1) is 4.84. The molecule has 0 saturated heterocycles. The largest absolute Gasteiger partial charge is 0.462 e. The van der Waals surface area contributed by atoms with Gasteiger partial charge in [0.1, 0.15) is 0 Å². The highest BCUT2D eigenvalue weighted by Crippen LogP contribution is 2.14. The molecule has 0 aromatic heterocycles. The molecule has 0 heterocycles. The molecule has 0 fully saturated rings. The van der Waals surface area contributed by atoms with E-state index >= 15 is 0 Å². The minimum atomic E-state index is -1.46. The average Bonchev–Trinajstić information content (AvgIpc) is 1.80. The van der Waals surface area contributed by atoms with Crippen molar-refractivity contribution in [2.75, 3.05) is 0 Å². The van der Waals surface area contributed by atoms with E-state index in [4.69, 9.17) is 5.11 Å². The molecule has 11 heavy (non-hydrogen) atoms. The zero-order valence-electron chi connectivity index (χ0n) is 6.66. The summed E-state index contributed by atoms with van der Waals surface area (Å²) in [6, 6.07) is 0. The molecule has 0 aliphatic heterocycles. The van der Waals surface area contributed by atoms with E-state index in [1.807, 2.05) is 0 Å². The summed E-state index contributed by atoms with van der Waals surface area (Å²) < 4.78 is 0. The summed E-state index contributed by atoms with van der Waals surface area (Å²) in [5.74, 6) is -0.542. The lowest BCUT2D eigenvalue weighted by Crippen LogP contribution is -2.17. The number of carbonyl (C=O) groups excluding carboxylic acids is 1. The minimum absolute atomic E-state index is 0.542. The van der Waals surface area contributed by atoms with E-state index in [9.17, 15) is 9.59 Å². The van der Waals surface area contributed by atoms with Crippen LogP contribution in [0.2, 0.25) is 0 Å². The number of rotatable bonds is 0. The molecular weight excluding hydrogens is 148 g/mol. The Labute approximate surface area is 64.1 Å². The molecule has 0 bridgehead atoms. The summed E-state index contributed by atoms with van der Waals surface area (Å²) in [5, 5.41) is 13.7. The van der Waals surface area contributed by atoms with Gasteiger partial charge in [-0.1, -0.05) is 25.9 Å². The predicted octanol–water partition coefficient (Wildman–Crippen LogP) is 1.69. The number of hydrogen-bond donors (Lipinski definition) is 1. The Balaban J connectivity index is 4.20. The van der Waals surface area contributed by atoms with Gasteiger partial charge in [-0.25, -0.2) is 4.79 Å². The van der Waals surface area contributed by atoms with Crippen LogP contribution in [0.1, 0.15) is 20.8 Å². The van der Waals surface area contributed by atoms with Crippen molar-refractivity contribution in [3.63, 3.8) is 0 Å². The number of azo groups is 1. The molecule has 0 radical (unpaired) electrons. The Kier molecular flexibility index (Phi) is 2.86. The molecule has 0 spiro atoms. The SMILES string of the molecule is CC(C)(C)C(=O)/N=N/C(=O)O. The van der Waals surface area contributed by atoms with Crippen LogP contribution >= 0.6 is 0 Å². The van der Waals surface area contributed by atoms with Gasteiger partial charge in [0.05, 0.1) is 0 Å². The van der Waals surface area contributed by atoms with Crippen molar-refractivity contribution in [1.82, 2.24) is 0 Å². The second-order valence-corrected chi connectivity index (χ2v) is 3.04. The Morgan fingerprint density at radius 1 is 1.18 bits per heavy atom. The number of carbonyl (C=O) groups is 2. The fourth-order valence-corrected chi connectivity index (χ4v) is 0.238. The highest BCUT2D eigenvalue weighted by molar-refractivity contribution is 5.83. The second kappa shape index (κ2) is 3.23. The molecule has 0 aliphatic rings. The second-order valence-electron chi connectivity index (χ2n) is 3.04.